The normalized spacial score (nSPS) is 16.3. The van der Waals surface area contributed by atoms with E-state index in [0.717, 1.165) is 74.3 Å². The molecule has 1 saturated heterocycles. The van der Waals surface area contributed by atoms with Crippen LogP contribution in [0, 0.1) is 13.8 Å². The number of rotatable bonds is 5. The van der Waals surface area contributed by atoms with Crippen molar-refractivity contribution in [2.75, 3.05) is 44.7 Å². The van der Waals surface area contributed by atoms with Gasteiger partial charge in [-0.25, -0.2) is 9.97 Å². The summed E-state index contributed by atoms with van der Waals surface area (Å²) < 4.78 is 7.35. The number of nitrogens with one attached hydrogen (secondary N) is 1. The van der Waals surface area contributed by atoms with Crippen LogP contribution in [0.1, 0.15) is 18.4 Å². The van der Waals surface area contributed by atoms with Crippen LogP contribution in [0.5, 0.6) is 0 Å². The first-order valence-corrected chi connectivity index (χ1v) is 7.94. The van der Waals surface area contributed by atoms with Crippen LogP contribution in [-0.4, -0.2) is 64.0 Å². The van der Waals surface area contributed by atoms with Crippen molar-refractivity contribution in [2.45, 2.75) is 27.3 Å². The molecule has 1 N–H and O–H groups in total. The molecule has 0 amide bonds. The van der Waals surface area contributed by atoms with Crippen LogP contribution in [0.3, 0.4) is 0 Å². The Kier molecular flexibility index (Phi) is 4.54. The maximum absolute atomic E-state index is 5.38. The topological polar surface area (TPSA) is 68.1 Å². The highest BCUT2D eigenvalue weighted by molar-refractivity contribution is 5.87. The maximum Gasteiger partial charge on any atom is 0.156 e. The molecule has 3 rings (SSSR count). The third-order valence-corrected chi connectivity index (χ3v) is 3.99. The molecule has 1 aliphatic rings. The SMILES string of the molecule is CCn1nc(C)c2nc(C)nc(NCCN3CCOCC3)c21. The van der Waals surface area contributed by atoms with E-state index in [1.54, 1.807) is 0 Å². The lowest BCUT2D eigenvalue weighted by Crippen LogP contribution is -2.39. The fourth-order valence-electron chi connectivity index (χ4n) is 2.85. The minimum atomic E-state index is 0.778. The molecule has 1 aliphatic heterocycles. The summed E-state index contributed by atoms with van der Waals surface area (Å²) in [5, 5.41) is 8.02. The average Bonchev–Trinajstić information content (AvgIpc) is 2.85. The van der Waals surface area contributed by atoms with Gasteiger partial charge < -0.3 is 10.1 Å². The Morgan fingerprint density at radius 2 is 1.95 bits per heavy atom. The molecule has 0 atom stereocenters. The van der Waals surface area contributed by atoms with Crippen molar-refractivity contribution in [3.05, 3.63) is 11.5 Å². The van der Waals surface area contributed by atoms with E-state index in [1.807, 2.05) is 18.5 Å². The van der Waals surface area contributed by atoms with Gasteiger partial charge in [-0.2, -0.15) is 5.10 Å². The quantitative estimate of drug-likeness (QED) is 0.895. The van der Waals surface area contributed by atoms with Crippen LogP contribution >= 0.6 is 0 Å². The number of aryl methyl sites for hydroxylation is 3. The first-order chi connectivity index (χ1) is 10.7. The van der Waals surface area contributed by atoms with Gasteiger partial charge in [-0.15, -0.1) is 0 Å². The van der Waals surface area contributed by atoms with Crippen molar-refractivity contribution < 1.29 is 4.74 Å². The van der Waals surface area contributed by atoms with Crippen LogP contribution in [0.2, 0.25) is 0 Å². The molecule has 0 aliphatic carbocycles. The smallest absolute Gasteiger partial charge is 0.156 e. The zero-order valence-electron chi connectivity index (χ0n) is 13.6. The minimum absolute atomic E-state index is 0.778. The van der Waals surface area contributed by atoms with Crippen LogP contribution in [-0.2, 0) is 11.3 Å². The molecule has 0 aromatic carbocycles. The lowest BCUT2D eigenvalue weighted by atomic mass is 10.3. The van der Waals surface area contributed by atoms with E-state index in [2.05, 4.69) is 32.2 Å². The highest BCUT2D eigenvalue weighted by atomic mass is 16.5. The molecule has 0 spiro atoms. The molecule has 2 aromatic heterocycles. The minimum Gasteiger partial charge on any atom is -0.379 e. The van der Waals surface area contributed by atoms with Crippen LogP contribution < -0.4 is 5.32 Å². The molecule has 120 valence electrons. The zero-order chi connectivity index (χ0) is 15.5. The first-order valence-electron chi connectivity index (χ1n) is 7.94. The van der Waals surface area contributed by atoms with Crippen LogP contribution in [0.4, 0.5) is 5.82 Å². The van der Waals surface area contributed by atoms with E-state index in [9.17, 15) is 0 Å². The molecule has 7 heteroatoms. The Bertz CT molecular complexity index is 647. The predicted octanol–water partition coefficient (Wildman–Crippen LogP) is 1.21. The Balaban J connectivity index is 1.77. The third-order valence-electron chi connectivity index (χ3n) is 3.99. The van der Waals surface area contributed by atoms with Crippen molar-refractivity contribution in [2.24, 2.45) is 0 Å². The van der Waals surface area contributed by atoms with Crippen molar-refractivity contribution in [3.8, 4) is 0 Å². The first kappa shape index (κ1) is 15.2. The van der Waals surface area contributed by atoms with Gasteiger partial charge in [0.05, 0.1) is 18.9 Å². The van der Waals surface area contributed by atoms with Gasteiger partial charge >= 0.3 is 0 Å². The van der Waals surface area contributed by atoms with E-state index in [0.29, 0.717) is 0 Å². The van der Waals surface area contributed by atoms with Gasteiger partial charge in [-0.1, -0.05) is 0 Å². The lowest BCUT2D eigenvalue weighted by molar-refractivity contribution is 0.0398. The second-order valence-corrected chi connectivity index (χ2v) is 5.60. The Labute approximate surface area is 130 Å². The molecule has 7 nitrogen and oxygen atoms in total. The molecule has 22 heavy (non-hydrogen) atoms. The molecule has 0 unspecified atom stereocenters. The Morgan fingerprint density at radius 1 is 1.18 bits per heavy atom. The second kappa shape index (κ2) is 6.58. The molecular weight excluding hydrogens is 280 g/mol. The lowest BCUT2D eigenvalue weighted by Gasteiger charge is -2.26. The van der Waals surface area contributed by atoms with Crippen molar-refractivity contribution >= 4 is 16.9 Å². The summed E-state index contributed by atoms with van der Waals surface area (Å²) in [5.74, 6) is 1.67. The number of aromatic nitrogens is 4. The van der Waals surface area contributed by atoms with Crippen LogP contribution in [0.25, 0.3) is 11.0 Å². The number of anilines is 1. The summed E-state index contributed by atoms with van der Waals surface area (Å²) in [6.45, 7) is 12.4. The van der Waals surface area contributed by atoms with Gasteiger partial charge in [0.2, 0.25) is 0 Å². The number of hydrogen-bond acceptors (Lipinski definition) is 6. The second-order valence-electron chi connectivity index (χ2n) is 5.60. The molecule has 0 saturated carbocycles. The highest BCUT2D eigenvalue weighted by Crippen LogP contribution is 2.23. The van der Waals surface area contributed by atoms with Gasteiger partial charge in [0.1, 0.15) is 16.9 Å². The van der Waals surface area contributed by atoms with Gasteiger partial charge in [0, 0.05) is 32.7 Å². The summed E-state index contributed by atoms with van der Waals surface area (Å²) in [5.41, 5.74) is 2.91. The van der Waals surface area contributed by atoms with E-state index in [1.165, 1.54) is 0 Å². The monoisotopic (exact) mass is 304 g/mol. The number of morpholine rings is 1. The fraction of sp³-hybridized carbons (Fsp3) is 0.667. The van der Waals surface area contributed by atoms with E-state index in [-0.39, 0.29) is 0 Å². The summed E-state index contributed by atoms with van der Waals surface area (Å²) in [6.07, 6.45) is 0. The van der Waals surface area contributed by atoms with Crippen LogP contribution in [0.15, 0.2) is 0 Å². The largest absolute Gasteiger partial charge is 0.379 e. The summed E-state index contributed by atoms with van der Waals surface area (Å²) >= 11 is 0. The molecule has 2 aromatic rings. The van der Waals surface area contributed by atoms with E-state index < -0.39 is 0 Å². The van der Waals surface area contributed by atoms with Crippen molar-refractivity contribution in [1.82, 2.24) is 24.6 Å². The number of fused-ring (bicyclic) bond motifs is 1. The fourth-order valence-corrected chi connectivity index (χ4v) is 2.85. The average molecular weight is 304 g/mol. The highest BCUT2D eigenvalue weighted by Gasteiger charge is 2.15. The molecule has 1 fully saturated rings. The van der Waals surface area contributed by atoms with Gasteiger partial charge in [0.25, 0.3) is 0 Å². The number of nitrogens with zero attached hydrogens (tertiary/aromatic N) is 5. The molecule has 0 bridgehead atoms. The van der Waals surface area contributed by atoms with Gasteiger partial charge in [-0.05, 0) is 20.8 Å². The van der Waals surface area contributed by atoms with E-state index in [4.69, 9.17) is 4.74 Å². The van der Waals surface area contributed by atoms with Crippen molar-refractivity contribution in [3.63, 3.8) is 0 Å². The van der Waals surface area contributed by atoms with E-state index >= 15 is 0 Å². The predicted molar refractivity (Wildman–Crippen MR) is 86.2 cm³/mol. The Hall–Kier alpha value is -1.73. The number of ether oxygens (including phenoxy) is 1. The van der Waals surface area contributed by atoms with Gasteiger partial charge in [0.15, 0.2) is 5.82 Å². The maximum atomic E-state index is 5.38. The zero-order valence-corrected chi connectivity index (χ0v) is 13.6. The molecular formula is C15H24N6O. The molecule has 0 radical (unpaired) electrons. The Morgan fingerprint density at radius 3 is 2.68 bits per heavy atom. The van der Waals surface area contributed by atoms with Gasteiger partial charge in [-0.3, -0.25) is 9.58 Å². The van der Waals surface area contributed by atoms with Crippen molar-refractivity contribution in [1.29, 1.82) is 0 Å². The summed E-state index contributed by atoms with van der Waals surface area (Å²) in [4.78, 5) is 11.5. The number of hydrogen-bond donors (Lipinski definition) is 1. The summed E-state index contributed by atoms with van der Waals surface area (Å²) in [6, 6.07) is 0. The third kappa shape index (κ3) is 3.05. The standard InChI is InChI=1S/C15H24N6O/c1-4-21-14-13(11(2)19-21)17-12(3)18-15(14)16-5-6-20-7-9-22-10-8-20/h4-10H2,1-3H3,(H,16,17,18). The summed E-state index contributed by atoms with van der Waals surface area (Å²) in [7, 11) is 0. The molecule has 3 heterocycles.